The number of rotatable bonds is 5. The minimum atomic E-state index is -0.188. The van der Waals surface area contributed by atoms with Gasteiger partial charge in [-0.25, -0.2) is 4.98 Å². The second-order valence-electron chi connectivity index (χ2n) is 4.53. The van der Waals surface area contributed by atoms with E-state index < -0.39 is 0 Å². The van der Waals surface area contributed by atoms with Gasteiger partial charge in [0.15, 0.2) is 0 Å². The third-order valence-corrected chi connectivity index (χ3v) is 3.83. The lowest BCUT2D eigenvalue weighted by Gasteiger charge is -2.04. The van der Waals surface area contributed by atoms with Crippen molar-refractivity contribution < 1.29 is 9.90 Å². The zero-order valence-corrected chi connectivity index (χ0v) is 12.0. The van der Waals surface area contributed by atoms with Gasteiger partial charge in [0, 0.05) is 11.9 Å². The zero-order chi connectivity index (χ0) is 14.5. The minimum absolute atomic E-state index is 0.154. The van der Waals surface area contributed by atoms with Gasteiger partial charge < -0.3 is 16.2 Å². The van der Waals surface area contributed by atoms with E-state index in [0.717, 1.165) is 10.6 Å². The average Bonchev–Trinajstić information content (AvgIpc) is 2.91. The average molecular weight is 291 g/mol. The Morgan fingerprint density at radius 3 is 2.75 bits per heavy atom. The van der Waals surface area contributed by atoms with Crippen LogP contribution in [0.1, 0.15) is 34.0 Å². The van der Waals surface area contributed by atoms with E-state index in [2.05, 4.69) is 10.3 Å². The van der Waals surface area contributed by atoms with E-state index in [-0.39, 0.29) is 17.7 Å². The number of carbonyl (C=O) groups is 1. The number of hydrogen-bond acceptors (Lipinski definition) is 5. The van der Waals surface area contributed by atoms with E-state index in [1.54, 1.807) is 17.5 Å². The Bertz CT molecular complexity index is 578. The monoisotopic (exact) mass is 291 g/mol. The van der Waals surface area contributed by atoms with Gasteiger partial charge in [-0.1, -0.05) is 12.1 Å². The number of phenols is 1. The van der Waals surface area contributed by atoms with Crippen LogP contribution in [0.15, 0.2) is 29.6 Å². The summed E-state index contributed by atoms with van der Waals surface area (Å²) in [5.41, 5.74) is 7.17. The van der Waals surface area contributed by atoms with Crippen LogP contribution in [0.5, 0.6) is 5.75 Å². The second-order valence-corrected chi connectivity index (χ2v) is 5.42. The summed E-state index contributed by atoms with van der Waals surface area (Å²) in [7, 11) is 0. The number of nitrogens with zero attached hydrogens (tertiary/aromatic N) is 1. The lowest BCUT2D eigenvalue weighted by Crippen LogP contribution is -2.26. The number of hydrogen-bond donors (Lipinski definition) is 3. The Morgan fingerprint density at radius 1 is 1.45 bits per heavy atom. The highest BCUT2D eigenvalue weighted by atomic mass is 32.1. The molecule has 1 amide bonds. The highest BCUT2D eigenvalue weighted by Crippen LogP contribution is 2.15. The number of nitrogens with two attached hydrogens (primary N) is 1. The van der Waals surface area contributed by atoms with Crippen LogP contribution >= 0.6 is 11.3 Å². The summed E-state index contributed by atoms with van der Waals surface area (Å²) in [6.45, 7) is 2.36. The largest absolute Gasteiger partial charge is 0.508 e. The van der Waals surface area contributed by atoms with Crippen LogP contribution in [-0.4, -0.2) is 22.5 Å². The van der Waals surface area contributed by atoms with Gasteiger partial charge in [-0.05, 0) is 31.0 Å². The van der Waals surface area contributed by atoms with Crippen LogP contribution in [0.25, 0.3) is 0 Å². The van der Waals surface area contributed by atoms with E-state index in [1.807, 2.05) is 19.1 Å². The van der Waals surface area contributed by atoms with Crippen LogP contribution in [0.2, 0.25) is 0 Å². The molecule has 2 rings (SSSR count). The van der Waals surface area contributed by atoms with Crippen molar-refractivity contribution in [3.8, 4) is 5.75 Å². The predicted molar refractivity (Wildman–Crippen MR) is 78.9 cm³/mol. The first-order valence-electron chi connectivity index (χ1n) is 6.33. The number of carbonyl (C=O) groups excluding carboxylic acids is 1. The molecule has 20 heavy (non-hydrogen) atoms. The van der Waals surface area contributed by atoms with E-state index in [1.165, 1.54) is 11.3 Å². The Kier molecular flexibility index (Phi) is 4.70. The summed E-state index contributed by atoms with van der Waals surface area (Å²) < 4.78 is 0. The zero-order valence-electron chi connectivity index (χ0n) is 11.2. The number of aromatic nitrogens is 1. The molecule has 0 bridgehead atoms. The molecule has 0 saturated heterocycles. The fourth-order valence-corrected chi connectivity index (χ4v) is 2.43. The second kappa shape index (κ2) is 6.49. The molecule has 0 aliphatic heterocycles. The van der Waals surface area contributed by atoms with Gasteiger partial charge in [0.1, 0.15) is 16.5 Å². The molecule has 6 heteroatoms. The molecule has 0 spiro atoms. The Balaban J connectivity index is 1.84. The van der Waals surface area contributed by atoms with Gasteiger partial charge in [0.05, 0.1) is 6.04 Å². The van der Waals surface area contributed by atoms with Gasteiger partial charge in [0.2, 0.25) is 0 Å². The molecule has 1 atom stereocenters. The van der Waals surface area contributed by atoms with E-state index >= 15 is 0 Å². The first-order valence-corrected chi connectivity index (χ1v) is 7.21. The van der Waals surface area contributed by atoms with Crippen LogP contribution in [0.4, 0.5) is 0 Å². The van der Waals surface area contributed by atoms with Crippen LogP contribution in [0.3, 0.4) is 0 Å². The fraction of sp³-hybridized carbons (Fsp3) is 0.286. The summed E-state index contributed by atoms with van der Waals surface area (Å²) in [6.07, 6.45) is 0.705. The van der Waals surface area contributed by atoms with Crippen molar-refractivity contribution in [1.29, 1.82) is 0 Å². The summed E-state index contributed by atoms with van der Waals surface area (Å²) in [5.74, 6) is 0.0515. The lowest BCUT2D eigenvalue weighted by atomic mass is 10.1. The minimum Gasteiger partial charge on any atom is -0.508 e. The standard InChI is InChI=1S/C14H17N3O2S/c1-9(15)14-17-12(8-20-14)13(19)16-7-6-10-2-4-11(18)5-3-10/h2-5,8-9,18H,6-7,15H2,1H3,(H,16,19). The summed E-state index contributed by atoms with van der Waals surface area (Å²) in [5, 5.41) is 14.5. The van der Waals surface area contributed by atoms with E-state index in [0.29, 0.717) is 18.7 Å². The molecule has 0 aliphatic rings. The molecule has 1 heterocycles. The Morgan fingerprint density at radius 2 is 2.15 bits per heavy atom. The quantitative estimate of drug-likeness (QED) is 0.784. The van der Waals surface area contributed by atoms with Crippen LogP contribution < -0.4 is 11.1 Å². The van der Waals surface area contributed by atoms with Crippen molar-refractivity contribution >= 4 is 17.2 Å². The summed E-state index contributed by atoms with van der Waals surface area (Å²) in [4.78, 5) is 16.1. The molecule has 0 radical (unpaired) electrons. The molecule has 4 N–H and O–H groups in total. The first-order chi connectivity index (χ1) is 9.56. The van der Waals surface area contributed by atoms with Gasteiger partial charge in [-0.15, -0.1) is 11.3 Å². The van der Waals surface area contributed by atoms with Crippen LogP contribution in [0, 0.1) is 0 Å². The Labute approximate surface area is 121 Å². The summed E-state index contributed by atoms with van der Waals surface area (Å²) in [6, 6.07) is 6.77. The van der Waals surface area contributed by atoms with Gasteiger partial charge >= 0.3 is 0 Å². The number of nitrogens with one attached hydrogen (secondary N) is 1. The van der Waals surface area contributed by atoms with Crippen LogP contribution in [-0.2, 0) is 6.42 Å². The van der Waals surface area contributed by atoms with E-state index in [4.69, 9.17) is 5.73 Å². The maximum Gasteiger partial charge on any atom is 0.270 e. The predicted octanol–water partition coefficient (Wildman–Crippen LogP) is 1.84. The van der Waals surface area contributed by atoms with Crippen molar-refractivity contribution in [2.75, 3.05) is 6.54 Å². The van der Waals surface area contributed by atoms with Crippen molar-refractivity contribution in [2.45, 2.75) is 19.4 Å². The first kappa shape index (κ1) is 14.5. The number of amides is 1. The van der Waals surface area contributed by atoms with Crippen molar-refractivity contribution in [1.82, 2.24) is 10.3 Å². The van der Waals surface area contributed by atoms with Gasteiger partial charge in [0.25, 0.3) is 5.91 Å². The molecular weight excluding hydrogens is 274 g/mol. The molecule has 1 aromatic carbocycles. The van der Waals surface area contributed by atoms with Crippen molar-refractivity contribution in [3.63, 3.8) is 0 Å². The maximum absolute atomic E-state index is 11.9. The molecular formula is C14H17N3O2S. The smallest absolute Gasteiger partial charge is 0.270 e. The molecule has 0 saturated carbocycles. The Hall–Kier alpha value is -1.92. The highest BCUT2D eigenvalue weighted by Gasteiger charge is 2.12. The molecule has 0 fully saturated rings. The molecule has 5 nitrogen and oxygen atoms in total. The van der Waals surface area contributed by atoms with Crippen molar-refractivity contribution in [2.24, 2.45) is 5.73 Å². The third-order valence-electron chi connectivity index (χ3n) is 2.78. The topological polar surface area (TPSA) is 88.2 Å². The molecule has 1 unspecified atom stereocenters. The molecule has 1 aromatic heterocycles. The van der Waals surface area contributed by atoms with E-state index in [9.17, 15) is 9.90 Å². The number of benzene rings is 1. The van der Waals surface area contributed by atoms with Crippen molar-refractivity contribution in [3.05, 3.63) is 45.9 Å². The lowest BCUT2D eigenvalue weighted by molar-refractivity contribution is 0.0949. The molecule has 2 aromatic rings. The van der Waals surface area contributed by atoms with Gasteiger partial charge in [-0.3, -0.25) is 4.79 Å². The number of thiazole rings is 1. The normalized spacial score (nSPS) is 12.1. The SMILES string of the molecule is CC(N)c1nc(C(=O)NCCc2ccc(O)cc2)cs1. The van der Waals surface area contributed by atoms with Gasteiger partial charge in [-0.2, -0.15) is 0 Å². The maximum atomic E-state index is 11.9. The fourth-order valence-electron chi connectivity index (χ4n) is 1.67. The molecule has 106 valence electrons. The highest BCUT2D eigenvalue weighted by molar-refractivity contribution is 7.09. The third kappa shape index (κ3) is 3.79. The number of aromatic hydroxyl groups is 1. The summed E-state index contributed by atoms with van der Waals surface area (Å²) >= 11 is 1.39. The molecule has 0 aliphatic carbocycles. The number of phenolic OH excluding ortho intramolecular Hbond substituents is 1.